The van der Waals surface area contributed by atoms with Crippen molar-refractivity contribution in [2.24, 2.45) is 0 Å². The molecule has 2 bridgehead atoms. The van der Waals surface area contributed by atoms with Crippen molar-refractivity contribution in [1.82, 2.24) is 0 Å². The lowest BCUT2D eigenvalue weighted by Gasteiger charge is -2.49. The van der Waals surface area contributed by atoms with Gasteiger partial charge >= 0.3 is 0 Å². The van der Waals surface area contributed by atoms with E-state index < -0.39 is 16.1 Å². The molecule has 0 aromatic heterocycles. The molecule has 0 N–H and O–H groups in total. The van der Waals surface area contributed by atoms with Crippen molar-refractivity contribution in [3.63, 3.8) is 0 Å². The van der Waals surface area contributed by atoms with Gasteiger partial charge < -0.3 is 0 Å². The van der Waals surface area contributed by atoms with Gasteiger partial charge in [-0.05, 0) is 189 Å². The van der Waals surface area contributed by atoms with E-state index in [1.165, 1.54) is 154 Å². The highest BCUT2D eigenvalue weighted by molar-refractivity contribution is 7.29. The van der Waals surface area contributed by atoms with Gasteiger partial charge in [-0.2, -0.15) is 0 Å². The molecule has 0 fully saturated rings. The van der Waals surface area contributed by atoms with Gasteiger partial charge in [0, 0.05) is 0 Å². The first-order valence-corrected chi connectivity index (χ1v) is 32.9. The van der Waals surface area contributed by atoms with Gasteiger partial charge in [-0.25, -0.2) is 0 Å². The first-order chi connectivity index (χ1) is 38.2. The lowest BCUT2D eigenvalue weighted by molar-refractivity contribution is 1.33. The van der Waals surface area contributed by atoms with Crippen LogP contribution in [0.3, 0.4) is 0 Å². The lowest BCUT2D eigenvalue weighted by atomic mass is 9.32. The smallest absolute Gasteiger partial charge is 0.0682 e. The van der Waals surface area contributed by atoms with Crippen LogP contribution >= 0.6 is 0 Å². The molecule has 0 saturated heterocycles. The highest BCUT2D eigenvalue weighted by atomic mass is 28.3. The maximum atomic E-state index is 2.67. The molecule has 5 aliphatic rings. The van der Waals surface area contributed by atoms with Gasteiger partial charge in [0.25, 0.3) is 0 Å². The van der Waals surface area contributed by atoms with Crippen molar-refractivity contribution in [3.05, 3.63) is 225 Å². The van der Waals surface area contributed by atoms with Crippen LogP contribution in [0.25, 0.3) is 65.7 Å². The Bertz CT molecular complexity index is 4750. The zero-order valence-electron chi connectivity index (χ0n) is 47.2. The molecule has 79 heavy (non-hydrogen) atoms. The largest absolute Gasteiger partial charge is 0.242 e. The van der Waals surface area contributed by atoms with E-state index in [0.29, 0.717) is 0 Å². The molecule has 5 heterocycles. The summed E-state index contributed by atoms with van der Waals surface area (Å²) in [6, 6.07) is 67.7. The number of benzene rings is 12. The zero-order valence-corrected chi connectivity index (χ0v) is 49.2. The Morgan fingerprint density at radius 3 is 1.15 bits per heavy atom. The maximum absolute atomic E-state index is 2.98. The van der Waals surface area contributed by atoms with Gasteiger partial charge in [0.05, 0.1) is 0 Å². The average Bonchev–Trinajstić information content (AvgIpc) is 2.07. The van der Waals surface area contributed by atoms with Gasteiger partial charge in [0.2, 0.25) is 13.4 Å². The van der Waals surface area contributed by atoms with Crippen LogP contribution in [0.15, 0.2) is 164 Å². The van der Waals surface area contributed by atoms with Crippen LogP contribution in [0.2, 0.25) is 0 Å². The molecule has 0 saturated carbocycles. The Balaban J connectivity index is 0.984. The molecule has 0 radical (unpaired) electrons. The van der Waals surface area contributed by atoms with Crippen molar-refractivity contribution < 1.29 is 0 Å². The third-order valence-corrected chi connectivity index (χ3v) is 31.5. The quantitative estimate of drug-likeness (QED) is 0.124. The first-order valence-electron chi connectivity index (χ1n) is 28.9. The number of hydrogen-bond donors (Lipinski definition) is 0. The molecule has 0 amide bonds. The second-order valence-electron chi connectivity index (χ2n) is 25.2. The standard InChI is InChI=1S/C75H60B2Si2/c1-39-28-43(5)72(44(6)29-39)78(73-45(7)30-40(2)31-46(73)8)62-19-13-12-18-58(62)76-60-36-51-22-26-54-56-17-15-21-64-71(56)77(61-37-52-23-25-53(55-16-14-20-63(78)70(55)76)68(60)66(52)67(51)69(54)61)59-27-24-50-38-65(59)79(64,74-47(9)32-41(3)33-48(74)10)75-49(11)34-42(4)35-57(50)75/h12-38H,1-11H3. The minimum Gasteiger partial charge on any atom is -0.0682 e. The van der Waals surface area contributed by atoms with Gasteiger partial charge in [-0.1, -0.05) is 252 Å². The van der Waals surface area contributed by atoms with Crippen molar-refractivity contribution in [2.45, 2.75) is 76.2 Å². The highest BCUT2D eigenvalue weighted by Crippen LogP contribution is 2.45. The predicted molar refractivity (Wildman–Crippen MR) is 349 cm³/mol. The summed E-state index contributed by atoms with van der Waals surface area (Å²) in [5.74, 6) is 0. The summed E-state index contributed by atoms with van der Waals surface area (Å²) in [6.45, 7) is 26.1. The van der Waals surface area contributed by atoms with Crippen LogP contribution in [0.5, 0.6) is 0 Å². The molecule has 0 spiro atoms. The molecular formula is C75H60B2Si2. The maximum Gasteiger partial charge on any atom is 0.242 e. The summed E-state index contributed by atoms with van der Waals surface area (Å²) in [7, 11) is -5.87. The first kappa shape index (κ1) is 46.2. The summed E-state index contributed by atoms with van der Waals surface area (Å²) >= 11 is 0. The van der Waals surface area contributed by atoms with Crippen LogP contribution < -0.4 is 74.3 Å². The fourth-order valence-corrected chi connectivity index (χ4v) is 31.4. The molecule has 12 aromatic carbocycles. The summed E-state index contributed by atoms with van der Waals surface area (Å²) in [4.78, 5) is 0. The van der Waals surface area contributed by atoms with Gasteiger partial charge in [-0.3, -0.25) is 0 Å². The van der Waals surface area contributed by atoms with Crippen LogP contribution in [-0.4, -0.2) is 29.6 Å². The molecule has 1 atom stereocenters. The average molecular weight is 1040 g/mol. The van der Waals surface area contributed by atoms with Crippen molar-refractivity contribution >= 4 is 136 Å². The molecule has 0 nitrogen and oxygen atoms in total. The van der Waals surface area contributed by atoms with Crippen LogP contribution in [0, 0.1) is 76.2 Å². The van der Waals surface area contributed by atoms with Crippen molar-refractivity contribution in [2.75, 3.05) is 0 Å². The topological polar surface area (TPSA) is 0 Å². The second kappa shape index (κ2) is 15.3. The number of hydrogen-bond acceptors (Lipinski definition) is 0. The van der Waals surface area contributed by atoms with Crippen molar-refractivity contribution in [1.29, 1.82) is 0 Å². The SMILES string of the molecule is Cc1cc(C)c([Si]2(c3c(C)cc(C)cc3C)c3ccccc3B3c4c(cccc42)-c2ccc4cc5c6c(ccc7cc3c2c4c76)-c2cccc3c2B5c2ccc4cc2[Si]3(c2c(C)cc(C)cc2C)c2c(C)cc(C)cc2-4)c(C)c1. The molecule has 0 aliphatic carbocycles. The number of aryl methyl sites for hydroxylation is 11. The van der Waals surface area contributed by atoms with Gasteiger partial charge in [0.1, 0.15) is 0 Å². The van der Waals surface area contributed by atoms with Crippen LogP contribution in [-0.2, 0) is 0 Å². The van der Waals surface area contributed by atoms with E-state index in [4.69, 9.17) is 0 Å². The van der Waals surface area contributed by atoms with E-state index in [-0.39, 0.29) is 13.4 Å². The Hall–Kier alpha value is -7.76. The van der Waals surface area contributed by atoms with E-state index in [0.717, 1.165) is 0 Å². The van der Waals surface area contributed by atoms with E-state index in [2.05, 4.69) is 240 Å². The Morgan fingerprint density at radius 1 is 0.266 bits per heavy atom. The molecule has 17 rings (SSSR count). The second-order valence-corrected chi connectivity index (χ2v) is 32.4. The third kappa shape index (κ3) is 5.40. The van der Waals surface area contributed by atoms with E-state index >= 15 is 0 Å². The summed E-state index contributed by atoms with van der Waals surface area (Å²) in [6.07, 6.45) is 0. The van der Waals surface area contributed by atoms with E-state index in [1.807, 2.05) is 0 Å². The Labute approximate surface area is 467 Å². The molecule has 374 valence electrons. The number of fused-ring (bicyclic) bond motifs is 12. The summed E-state index contributed by atoms with van der Waals surface area (Å²) in [5, 5.41) is 21.1. The number of rotatable bonds is 3. The highest BCUT2D eigenvalue weighted by Gasteiger charge is 2.57. The fourth-order valence-electron chi connectivity index (χ4n) is 18.8. The van der Waals surface area contributed by atoms with Crippen LogP contribution in [0.4, 0.5) is 0 Å². The molecule has 5 aliphatic heterocycles. The Kier molecular flexibility index (Phi) is 8.96. The van der Waals surface area contributed by atoms with Crippen LogP contribution in [0.1, 0.15) is 61.2 Å². The molecular weight excluding hydrogens is 979 g/mol. The minimum absolute atomic E-state index is 0.0869. The molecule has 1 unspecified atom stereocenters. The van der Waals surface area contributed by atoms with E-state index in [9.17, 15) is 0 Å². The van der Waals surface area contributed by atoms with E-state index in [1.54, 1.807) is 47.0 Å². The predicted octanol–water partition coefficient (Wildman–Crippen LogP) is 8.33. The third-order valence-electron chi connectivity index (χ3n) is 20.5. The van der Waals surface area contributed by atoms with Crippen molar-refractivity contribution in [3.8, 4) is 33.4 Å². The molecule has 4 heteroatoms. The summed E-state index contributed by atoms with van der Waals surface area (Å²) < 4.78 is 0. The normalized spacial score (nSPS) is 16.1. The zero-order chi connectivity index (χ0) is 53.6. The lowest BCUT2D eigenvalue weighted by Crippen LogP contribution is -2.88. The fraction of sp³-hybridized carbons (Fsp3) is 0.147. The monoisotopic (exact) mass is 1040 g/mol. The summed E-state index contributed by atoms with van der Waals surface area (Å²) in [5.41, 5.74) is 32.7. The van der Waals surface area contributed by atoms with Gasteiger partial charge in [-0.15, -0.1) is 0 Å². The Morgan fingerprint density at radius 2 is 0.671 bits per heavy atom. The minimum atomic E-state index is -2.98. The molecule has 12 aromatic rings. The van der Waals surface area contributed by atoms with Gasteiger partial charge in [0.15, 0.2) is 16.1 Å².